The van der Waals surface area contributed by atoms with Gasteiger partial charge in [-0.15, -0.1) is 0 Å². The summed E-state index contributed by atoms with van der Waals surface area (Å²) in [6, 6.07) is 0. The Labute approximate surface area is 221 Å². The molecular weight excluding hydrogens is 620 g/mol. The number of ether oxygens (including phenoxy) is 3. The van der Waals surface area contributed by atoms with Crippen LogP contribution in [0.5, 0.6) is 0 Å². The van der Waals surface area contributed by atoms with Crippen LogP contribution in [-0.2, 0) is 33.3 Å². The quantitative estimate of drug-likeness (QED) is 0.163. The Morgan fingerprint density at radius 3 is 2.27 bits per heavy atom. The fourth-order valence-electron chi connectivity index (χ4n) is 6.44. The minimum atomic E-state index is -5.98. The zero-order valence-corrected chi connectivity index (χ0v) is 26.0. The predicted octanol–water partition coefficient (Wildman–Crippen LogP) is 5.45. The van der Waals surface area contributed by atoms with E-state index in [-0.39, 0.29) is 23.3 Å². The number of methoxy groups -OCH3 is 1. The van der Waals surface area contributed by atoms with Gasteiger partial charge in [-0.1, -0.05) is 0 Å². The second kappa shape index (κ2) is 9.69. The summed E-state index contributed by atoms with van der Waals surface area (Å²) in [5.74, 6) is -3.98. The molecule has 0 bridgehead atoms. The van der Waals surface area contributed by atoms with Gasteiger partial charge in [-0.05, 0) is 0 Å². The molecule has 37 heavy (non-hydrogen) atoms. The molecule has 1 spiro atoms. The monoisotopic (exact) mass is 658 g/mol. The number of hydrogen-bond acceptors (Lipinski definition) is 7. The van der Waals surface area contributed by atoms with Crippen molar-refractivity contribution < 1.29 is 44.8 Å². The first-order chi connectivity index (χ1) is 16.9. The Balaban J connectivity index is 1.79. The summed E-state index contributed by atoms with van der Waals surface area (Å²) in [5.41, 5.74) is -4.78. The van der Waals surface area contributed by atoms with Gasteiger partial charge < -0.3 is 0 Å². The molecule has 1 aliphatic heterocycles. The summed E-state index contributed by atoms with van der Waals surface area (Å²) < 4.78 is 88.1. The molecule has 4 rings (SSSR count). The number of allylic oxidation sites excluding steroid dienone is 3. The fourth-order valence-corrected chi connectivity index (χ4v) is 13.3. The average molecular weight is 657 g/mol. The van der Waals surface area contributed by atoms with Crippen molar-refractivity contribution in [2.45, 2.75) is 78.5 Å². The van der Waals surface area contributed by atoms with E-state index in [9.17, 15) is 26.4 Å². The molecule has 12 heteroatoms. The van der Waals surface area contributed by atoms with Crippen LogP contribution in [0.1, 0.15) is 52.4 Å². The van der Waals surface area contributed by atoms with Gasteiger partial charge in [0, 0.05) is 0 Å². The second-order valence-electron chi connectivity index (χ2n) is 12.6. The third-order valence-corrected chi connectivity index (χ3v) is 16.0. The van der Waals surface area contributed by atoms with E-state index in [4.69, 9.17) is 18.4 Å². The molecule has 0 radical (unpaired) electrons. The van der Waals surface area contributed by atoms with Crippen molar-refractivity contribution in [3.63, 3.8) is 0 Å². The zero-order chi connectivity index (χ0) is 27.6. The second-order valence-corrected chi connectivity index (χ2v) is 28.7. The summed E-state index contributed by atoms with van der Waals surface area (Å²) in [5, 5.41) is 0. The van der Waals surface area contributed by atoms with Gasteiger partial charge in [-0.25, -0.2) is 0 Å². The van der Waals surface area contributed by atoms with E-state index in [0.717, 1.165) is 26.4 Å². The normalized spacial score (nSPS) is 29.7. The van der Waals surface area contributed by atoms with Gasteiger partial charge >= 0.3 is 222 Å². The van der Waals surface area contributed by atoms with Crippen molar-refractivity contribution in [1.29, 1.82) is 0 Å². The molecule has 1 heterocycles. The summed E-state index contributed by atoms with van der Waals surface area (Å²) in [4.78, 5) is 19.9. The molecule has 210 valence electrons. The van der Waals surface area contributed by atoms with E-state index in [0.29, 0.717) is 26.1 Å². The maximum absolute atomic E-state index is 13.4. The number of carbonyl (C=O) groups is 1. The van der Waals surface area contributed by atoms with Crippen molar-refractivity contribution in [3.8, 4) is 0 Å². The Morgan fingerprint density at radius 1 is 1.11 bits per heavy atom. The summed E-state index contributed by atoms with van der Waals surface area (Å²) in [6.07, 6.45) is 3.66. The van der Waals surface area contributed by atoms with E-state index in [1.165, 1.54) is 9.16 Å². The molecule has 0 amide bonds. The van der Waals surface area contributed by atoms with Crippen molar-refractivity contribution >= 4 is 34.5 Å². The number of alkyl halides is 3. The van der Waals surface area contributed by atoms with Gasteiger partial charge in [0.1, 0.15) is 0 Å². The van der Waals surface area contributed by atoms with Gasteiger partial charge in [0.15, 0.2) is 0 Å². The summed E-state index contributed by atoms with van der Waals surface area (Å²) in [6.45, 7) is 4.90. The van der Waals surface area contributed by atoms with Crippen LogP contribution in [0, 0.1) is 23.2 Å². The topological polar surface area (TPSA) is 88.1 Å². The van der Waals surface area contributed by atoms with Crippen molar-refractivity contribution in [2.24, 2.45) is 23.2 Å². The Hall–Kier alpha value is -0.791. The summed E-state index contributed by atoms with van der Waals surface area (Å²) in [7, 11) is -4.85. The minimum absolute atomic E-state index is 0.140. The maximum atomic E-state index is 13.4. The Bertz CT molecular complexity index is 1110. The van der Waals surface area contributed by atoms with Crippen LogP contribution in [0.3, 0.4) is 0 Å². The van der Waals surface area contributed by atoms with E-state index in [2.05, 4.69) is 14.8 Å². The first-order valence-corrected chi connectivity index (χ1v) is 24.1. The van der Waals surface area contributed by atoms with Crippen molar-refractivity contribution in [2.75, 3.05) is 20.3 Å². The van der Waals surface area contributed by atoms with Gasteiger partial charge in [0.05, 0.1) is 0 Å². The predicted molar refractivity (Wildman–Crippen MR) is 132 cm³/mol. The molecular formula is C25H37F3O7SSn. The Kier molecular flexibility index (Phi) is 7.65. The van der Waals surface area contributed by atoms with E-state index >= 15 is 0 Å². The standard InChI is InChI=1S/C22H28F3O7S.3CH3.Sn/c1-20(2)11-30-21(31-12-20)9-15-14(8-13-6-4-5-7-13)18(32-33(27,28)22(23,24)25)17(16(15)10-21)19(26)29-3;;;;/h14-16H,4-6,8-12H2,1-3H3;3*1H3;/t14-,15-,16-;;;;/m0..../s1. The number of fused-ring (bicyclic) bond motifs is 1. The van der Waals surface area contributed by atoms with E-state index in [1.54, 1.807) is 0 Å². The average Bonchev–Trinajstić information content (AvgIpc) is 3.44. The fraction of sp³-hybridized carbons (Fsp3) is 0.800. The number of esters is 1. The number of rotatable bonds is 6. The van der Waals surface area contributed by atoms with Gasteiger partial charge in [-0.3, -0.25) is 0 Å². The van der Waals surface area contributed by atoms with Crippen LogP contribution in [0.25, 0.3) is 0 Å². The van der Waals surface area contributed by atoms with Crippen molar-refractivity contribution in [1.82, 2.24) is 0 Å². The van der Waals surface area contributed by atoms with Crippen LogP contribution in [0.2, 0.25) is 14.8 Å². The van der Waals surface area contributed by atoms with Crippen LogP contribution in [0.4, 0.5) is 13.2 Å². The molecule has 0 aromatic carbocycles. The third-order valence-electron chi connectivity index (χ3n) is 8.13. The number of halogens is 3. The van der Waals surface area contributed by atoms with E-state index < -0.39 is 63.4 Å². The Morgan fingerprint density at radius 2 is 1.73 bits per heavy atom. The third kappa shape index (κ3) is 5.61. The van der Waals surface area contributed by atoms with Crippen molar-refractivity contribution in [3.05, 3.63) is 20.5 Å². The van der Waals surface area contributed by atoms with E-state index in [1.807, 2.05) is 13.8 Å². The molecule has 0 N–H and O–H groups in total. The van der Waals surface area contributed by atoms with Crippen LogP contribution < -0.4 is 0 Å². The number of carbonyl (C=O) groups excluding carboxylic acids is 1. The molecule has 4 aliphatic rings. The first-order valence-electron chi connectivity index (χ1n) is 12.7. The molecule has 2 fully saturated rings. The first kappa shape index (κ1) is 29.2. The molecule has 3 aliphatic carbocycles. The van der Waals surface area contributed by atoms with Crippen LogP contribution >= 0.6 is 0 Å². The zero-order valence-electron chi connectivity index (χ0n) is 22.3. The molecule has 0 unspecified atom stereocenters. The van der Waals surface area contributed by atoms with Crippen LogP contribution in [-0.4, -0.2) is 64.4 Å². The van der Waals surface area contributed by atoms with Gasteiger partial charge in [-0.2, -0.15) is 0 Å². The molecule has 0 aromatic heterocycles. The summed E-state index contributed by atoms with van der Waals surface area (Å²) >= 11 is -2.51. The molecule has 0 aromatic rings. The van der Waals surface area contributed by atoms with Crippen LogP contribution in [0.15, 0.2) is 20.5 Å². The molecule has 7 nitrogen and oxygen atoms in total. The number of hydrogen-bond donors (Lipinski definition) is 0. The van der Waals surface area contributed by atoms with Gasteiger partial charge in [0.2, 0.25) is 0 Å². The SMILES string of the molecule is COC(=O)C1=C(OS(=O)(=O)C(F)(F)F)[C@@H](CC2=[C]([Sn]([CH3])([CH3])[CH3])CCC2)[C@@H]2CC3(C[C@H]12)OCC(C)(C)CO3. The molecule has 1 saturated heterocycles. The van der Waals surface area contributed by atoms with Gasteiger partial charge in [0.25, 0.3) is 0 Å². The molecule has 3 atom stereocenters. The molecule has 1 saturated carbocycles.